The van der Waals surface area contributed by atoms with Crippen LogP contribution in [0.4, 0.5) is 10.2 Å². The van der Waals surface area contributed by atoms with Crippen molar-refractivity contribution in [1.82, 2.24) is 9.97 Å². The van der Waals surface area contributed by atoms with Crippen LogP contribution >= 0.6 is 22.6 Å². The minimum atomic E-state index is -0.264. The van der Waals surface area contributed by atoms with Crippen LogP contribution in [-0.2, 0) is 0 Å². The average molecular weight is 329 g/mol. The second-order valence-corrected chi connectivity index (χ2v) is 4.55. The van der Waals surface area contributed by atoms with Crippen LogP contribution in [0.1, 0.15) is 5.56 Å². The van der Waals surface area contributed by atoms with Crippen molar-refractivity contribution < 1.29 is 4.39 Å². The van der Waals surface area contributed by atoms with Gasteiger partial charge in [-0.3, -0.25) is 0 Å². The van der Waals surface area contributed by atoms with Crippen molar-refractivity contribution in [2.24, 2.45) is 0 Å². The van der Waals surface area contributed by atoms with Gasteiger partial charge in [-0.05, 0) is 53.3 Å². The summed E-state index contributed by atoms with van der Waals surface area (Å²) >= 11 is 2.06. The lowest BCUT2D eigenvalue weighted by Crippen LogP contribution is -1.99. The first kappa shape index (κ1) is 11.3. The van der Waals surface area contributed by atoms with Gasteiger partial charge in [-0.15, -0.1) is 0 Å². The number of nitrogen functional groups attached to an aromatic ring is 1. The Kier molecular flexibility index (Phi) is 3.04. The Labute approximate surface area is 106 Å². The monoisotopic (exact) mass is 329 g/mol. The second kappa shape index (κ2) is 4.32. The number of halogens is 2. The zero-order valence-corrected chi connectivity index (χ0v) is 10.7. The van der Waals surface area contributed by atoms with Gasteiger partial charge in [0.1, 0.15) is 11.6 Å². The fourth-order valence-electron chi connectivity index (χ4n) is 1.39. The summed E-state index contributed by atoms with van der Waals surface area (Å²) in [6.07, 6.45) is 1.65. The van der Waals surface area contributed by atoms with E-state index >= 15 is 0 Å². The first-order valence-corrected chi connectivity index (χ1v) is 5.70. The maximum atomic E-state index is 12.9. The van der Waals surface area contributed by atoms with Crippen LogP contribution in [0.2, 0.25) is 0 Å². The Balaban J connectivity index is 2.54. The molecule has 2 aromatic rings. The van der Waals surface area contributed by atoms with Gasteiger partial charge in [0.2, 0.25) is 0 Å². The molecule has 1 aromatic heterocycles. The zero-order valence-electron chi connectivity index (χ0n) is 8.54. The van der Waals surface area contributed by atoms with Crippen molar-refractivity contribution in [2.45, 2.75) is 6.92 Å². The number of nitrogens with zero attached hydrogens (tertiary/aromatic N) is 2. The summed E-state index contributed by atoms with van der Waals surface area (Å²) in [5.74, 6) is 0.699. The van der Waals surface area contributed by atoms with Gasteiger partial charge in [0.15, 0.2) is 5.82 Å². The molecule has 0 spiro atoms. The molecule has 16 heavy (non-hydrogen) atoms. The van der Waals surface area contributed by atoms with E-state index in [1.54, 1.807) is 12.3 Å². The molecule has 2 rings (SSSR count). The number of rotatable bonds is 1. The Morgan fingerprint density at radius 1 is 1.38 bits per heavy atom. The van der Waals surface area contributed by atoms with Crippen LogP contribution in [0.25, 0.3) is 11.4 Å². The Hall–Kier alpha value is -1.24. The quantitative estimate of drug-likeness (QED) is 0.819. The predicted octanol–water partition coefficient (Wildman–Crippen LogP) is 2.78. The third-order valence-electron chi connectivity index (χ3n) is 2.20. The van der Waals surface area contributed by atoms with Crippen molar-refractivity contribution in [3.8, 4) is 11.4 Å². The van der Waals surface area contributed by atoms with Crippen LogP contribution in [-0.4, -0.2) is 9.97 Å². The molecule has 0 bridgehead atoms. The van der Waals surface area contributed by atoms with E-state index in [0.29, 0.717) is 11.6 Å². The molecule has 0 saturated carbocycles. The molecule has 0 amide bonds. The molecule has 0 aliphatic heterocycles. The number of aryl methyl sites for hydroxylation is 1. The number of anilines is 1. The van der Waals surface area contributed by atoms with Gasteiger partial charge in [-0.2, -0.15) is 0 Å². The van der Waals surface area contributed by atoms with Gasteiger partial charge in [-0.25, -0.2) is 14.4 Å². The molecule has 5 heteroatoms. The lowest BCUT2D eigenvalue weighted by molar-refractivity contribution is 0.627. The topological polar surface area (TPSA) is 51.8 Å². The summed E-state index contributed by atoms with van der Waals surface area (Å²) in [6.45, 7) is 1.82. The first-order chi connectivity index (χ1) is 7.58. The molecule has 0 fully saturated rings. The lowest BCUT2D eigenvalue weighted by Gasteiger charge is -2.05. The number of hydrogen-bond acceptors (Lipinski definition) is 3. The Bertz CT molecular complexity index is 543. The maximum absolute atomic E-state index is 12.9. The van der Waals surface area contributed by atoms with E-state index in [-0.39, 0.29) is 5.82 Å². The standard InChI is InChI=1S/C11H9FIN3/c1-6-4-7(12)2-3-8(6)11-15-5-9(13)10(14)16-11/h2-5H,1H3,(H2,14,15,16). The van der Waals surface area contributed by atoms with Gasteiger partial charge >= 0.3 is 0 Å². The minimum Gasteiger partial charge on any atom is -0.383 e. The fraction of sp³-hybridized carbons (Fsp3) is 0.0909. The molecule has 0 aliphatic carbocycles. The highest BCUT2D eigenvalue weighted by atomic mass is 127. The molecule has 1 heterocycles. The van der Waals surface area contributed by atoms with Gasteiger partial charge in [-0.1, -0.05) is 0 Å². The van der Waals surface area contributed by atoms with E-state index in [0.717, 1.165) is 14.7 Å². The van der Waals surface area contributed by atoms with Crippen LogP contribution < -0.4 is 5.73 Å². The second-order valence-electron chi connectivity index (χ2n) is 3.39. The van der Waals surface area contributed by atoms with Crippen LogP contribution in [0.3, 0.4) is 0 Å². The lowest BCUT2D eigenvalue weighted by atomic mass is 10.1. The number of hydrogen-bond donors (Lipinski definition) is 1. The highest BCUT2D eigenvalue weighted by Gasteiger charge is 2.07. The number of benzene rings is 1. The number of aromatic nitrogens is 2. The molecular weight excluding hydrogens is 320 g/mol. The predicted molar refractivity (Wildman–Crippen MR) is 69.3 cm³/mol. The van der Waals surface area contributed by atoms with Gasteiger partial charge in [0.05, 0.1) is 3.57 Å². The third kappa shape index (κ3) is 2.13. The highest BCUT2D eigenvalue weighted by molar-refractivity contribution is 14.1. The summed E-state index contributed by atoms with van der Waals surface area (Å²) in [7, 11) is 0. The van der Waals surface area contributed by atoms with Gasteiger partial charge in [0, 0.05) is 11.8 Å². The molecule has 0 atom stereocenters. The molecular formula is C11H9FIN3. The smallest absolute Gasteiger partial charge is 0.161 e. The fourth-order valence-corrected chi connectivity index (χ4v) is 1.65. The van der Waals surface area contributed by atoms with E-state index in [1.807, 2.05) is 6.92 Å². The van der Waals surface area contributed by atoms with Crippen molar-refractivity contribution >= 4 is 28.4 Å². The number of nitrogens with two attached hydrogens (primary N) is 1. The van der Waals surface area contributed by atoms with Gasteiger partial charge < -0.3 is 5.73 Å². The molecule has 0 saturated heterocycles. The maximum Gasteiger partial charge on any atom is 0.161 e. The summed E-state index contributed by atoms with van der Waals surface area (Å²) in [4.78, 5) is 8.35. The Morgan fingerprint density at radius 3 is 2.75 bits per heavy atom. The average Bonchev–Trinajstić information content (AvgIpc) is 2.22. The molecule has 82 valence electrons. The van der Waals surface area contributed by atoms with Crippen LogP contribution in [0, 0.1) is 16.3 Å². The summed E-state index contributed by atoms with van der Waals surface area (Å²) in [5.41, 5.74) is 7.29. The zero-order chi connectivity index (χ0) is 11.7. The van der Waals surface area contributed by atoms with E-state index in [9.17, 15) is 4.39 Å². The van der Waals surface area contributed by atoms with E-state index in [2.05, 4.69) is 32.6 Å². The highest BCUT2D eigenvalue weighted by Crippen LogP contribution is 2.22. The molecule has 0 unspecified atom stereocenters. The SMILES string of the molecule is Cc1cc(F)ccc1-c1ncc(I)c(N)n1. The molecule has 3 nitrogen and oxygen atoms in total. The van der Waals surface area contributed by atoms with E-state index < -0.39 is 0 Å². The molecule has 1 aromatic carbocycles. The van der Waals surface area contributed by atoms with Crippen molar-refractivity contribution in [3.05, 3.63) is 39.3 Å². The summed E-state index contributed by atoms with van der Waals surface area (Å²) in [5, 5.41) is 0. The van der Waals surface area contributed by atoms with E-state index in [1.165, 1.54) is 12.1 Å². The molecule has 0 aliphatic rings. The molecule has 2 N–H and O–H groups in total. The summed E-state index contributed by atoms with van der Waals surface area (Å²) < 4.78 is 13.7. The van der Waals surface area contributed by atoms with Crippen molar-refractivity contribution in [1.29, 1.82) is 0 Å². The van der Waals surface area contributed by atoms with Crippen molar-refractivity contribution in [2.75, 3.05) is 5.73 Å². The van der Waals surface area contributed by atoms with Gasteiger partial charge in [0.25, 0.3) is 0 Å². The summed E-state index contributed by atoms with van der Waals surface area (Å²) in [6, 6.07) is 4.50. The first-order valence-electron chi connectivity index (χ1n) is 4.62. The minimum absolute atomic E-state index is 0.264. The van der Waals surface area contributed by atoms with Crippen molar-refractivity contribution in [3.63, 3.8) is 0 Å². The van der Waals surface area contributed by atoms with E-state index in [4.69, 9.17) is 5.73 Å². The third-order valence-corrected chi connectivity index (χ3v) is 3.03. The molecule has 0 radical (unpaired) electrons. The van der Waals surface area contributed by atoms with Crippen LogP contribution in [0.5, 0.6) is 0 Å². The normalized spacial score (nSPS) is 10.4. The van der Waals surface area contributed by atoms with Crippen LogP contribution in [0.15, 0.2) is 24.4 Å². The largest absolute Gasteiger partial charge is 0.383 e. The Morgan fingerprint density at radius 2 is 2.12 bits per heavy atom.